The fraction of sp³-hybridized carbons (Fsp3) is 0.941. The first-order valence-electron chi connectivity index (χ1n) is 8.13. The first-order valence-corrected chi connectivity index (χ1v) is 8.13. The third-order valence-electron chi connectivity index (χ3n) is 3.57. The molecule has 0 amide bonds. The lowest BCUT2D eigenvalue weighted by Gasteiger charge is -2.17. The highest BCUT2D eigenvalue weighted by Crippen LogP contribution is 2.22. The molecule has 0 saturated carbocycles. The van der Waals surface area contributed by atoms with Gasteiger partial charge in [-0.2, -0.15) is 0 Å². The first kappa shape index (κ1) is 18.5. The van der Waals surface area contributed by atoms with Crippen LogP contribution < -0.4 is 0 Å². The number of carbonyl (C=O) groups is 1. The van der Waals surface area contributed by atoms with Crippen molar-refractivity contribution in [2.24, 2.45) is 5.41 Å². The van der Waals surface area contributed by atoms with E-state index in [1.807, 2.05) is 0 Å². The predicted molar refractivity (Wildman–Crippen MR) is 82.5 cm³/mol. The Bertz CT molecular complexity index is 216. The minimum Gasteiger partial charge on any atom is -0.481 e. The van der Waals surface area contributed by atoms with Gasteiger partial charge in [0.25, 0.3) is 0 Å². The molecule has 0 saturated heterocycles. The summed E-state index contributed by atoms with van der Waals surface area (Å²) >= 11 is 0. The molecule has 0 heterocycles. The van der Waals surface area contributed by atoms with Crippen LogP contribution in [0.5, 0.6) is 0 Å². The molecule has 0 radical (unpaired) electrons. The van der Waals surface area contributed by atoms with Crippen molar-refractivity contribution in [3.63, 3.8) is 0 Å². The summed E-state index contributed by atoms with van der Waals surface area (Å²) in [5.41, 5.74) is 0.496. The average molecular weight is 270 g/mol. The van der Waals surface area contributed by atoms with Gasteiger partial charge < -0.3 is 5.11 Å². The van der Waals surface area contributed by atoms with Crippen molar-refractivity contribution in [1.82, 2.24) is 0 Å². The molecule has 0 unspecified atom stereocenters. The summed E-state index contributed by atoms with van der Waals surface area (Å²) in [5, 5.41) is 8.51. The standard InChI is InChI=1S/C17H34O2/c1-17(2,3)15-13-11-9-7-5-4-6-8-10-12-14-16(18)19/h4-15H2,1-3H3,(H,18,19). The van der Waals surface area contributed by atoms with Crippen LogP contribution in [0, 0.1) is 5.41 Å². The van der Waals surface area contributed by atoms with Crippen LogP contribution in [0.4, 0.5) is 0 Å². The highest BCUT2D eigenvalue weighted by Gasteiger charge is 2.08. The van der Waals surface area contributed by atoms with Gasteiger partial charge in [0.05, 0.1) is 0 Å². The number of unbranched alkanes of at least 4 members (excludes halogenated alkanes) is 9. The largest absolute Gasteiger partial charge is 0.481 e. The van der Waals surface area contributed by atoms with Gasteiger partial charge in [-0.15, -0.1) is 0 Å². The molecule has 19 heavy (non-hydrogen) atoms. The molecule has 2 heteroatoms. The maximum absolute atomic E-state index is 10.3. The molecule has 2 nitrogen and oxygen atoms in total. The average Bonchev–Trinajstić information content (AvgIpc) is 2.28. The van der Waals surface area contributed by atoms with E-state index in [2.05, 4.69) is 20.8 Å². The molecule has 0 aliphatic rings. The Morgan fingerprint density at radius 1 is 0.737 bits per heavy atom. The van der Waals surface area contributed by atoms with Crippen LogP contribution in [0.15, 0.2) is 0 Å². The van der Waals surface area contributed by atoms with Crippen LogP contribution in [0.2, 0.25) is 0 Å². The van der Waals surface area contributed by atoms with Crippen molar-refractivity contribution < 1.29 is 9.90 Å². The van der Waals surface area contributed by atoms with Gasteiger partial charge in [0, 0.05) is 6.42 Å². The zero-order valence-corrected chi connectivity index (χ0v) is 13.3. The number of hydrogen-bond donors (Lipinski definition) is 1. The zero-order valence-electron chi connectivity index (χ0n) is 13.3. The van der Waals surface area contributed by atoms with Gasteiger partial charge in [0.1, 0.15) is 0 Å². The van der Waals surface area contributed by atoms with E-state index in [0.29, 0.717) is 11.8 Å². The summed E-state index contributed by atoms with van der Waals surface area (Å²) in [6, 6.07) is 0. The maximum atomic E-state index is 10.3. The van der Waals surface area contributed by atoms with Crippen LogP contribution in [0.25, 0.3) is 0 Å². The molecule has 114 valence electrons. The van der Waals surface area contributed by atoms with Crippen molar-refractivity contribution in [2.45, 2.75) is 97.8 Å². The SMILES string of the molecule is CC(C)(C)CCCCCCCCCCCCC(=O)O. The number of hydrogen-bond acceptors (Lipinski definition) is 1. The first-order chi connectivity index (χ1) is 8.92. The Kier molecular flexibility index (Phi) is 11.0. The van der Waals surface area contributed by atoms with Gasteiger partial charge in [-0.3, -0.25) is 4.79 Å². The summed E-state index contributed by atoms with van der Waals surface area (Å²) < 4.78 is 0. The summed E-state index contributed by atoms with van der Waals surface area (Å²) in [6.07, 6.45) is 14.3. The molecule has 0 aromatic carbocycles. The highest BCUT2D eigenvalue weighted by atomic mass is 16.4. The minimum absolute atomic E-state index is 0.341. The molecule has 0 aromatic rings. The van der Waals surface area contributed by atoms with E-state index in [9.17, 15) is 4.79 Å². The molecule has 1 N–H and O–H groups in total. The van der Waals surface area contributed by atoms with Crippen LogP contribution in [-0.2, 0) is 4.79 Å². The molecular weight excluding hydrogens is 236 g/mol. The molecule has 0 aromatic heterocycles. The summed E-state index contributed by atoms with van der Waals surface area (Å²) in [4.78, 5) is 10.3. The normalized spacial score (nSPS) is 11.7. The third-order valence-corrected chi connectivity index (χ3v) is 3.57. The fourth-order valence-corrected chi connectivity index (χ4v) is 2.35. The lowest BCUT2D eigenvalue weighted by Crippen LogP contribution is -2.03. The van der Waals surface area contributed by atoms with Gasteiger partial charge >= 0.3 is 5.97 Å². The lowest BCUT2D eigenvalue weighted by atomic mass is 9.89. The smallest absolute Gasteiger partial charge is 0.303 e. The van der Waals surface area contributed by atoms with Crippen molar-refractivity contribution in [3.8, 4) is 0 Å². The molecule has 0 atom stereocenters. The Hall–Kier alpha value is -0.530. The molecule has 0 rings (SSSR count). The van der Waals surface area contributed by atoms with Crippen molar-refractivity contribution in [3.05, 3.63) is 0 Å². The minimum atomic E-state index is -0.657. The van der Waals surface area contributed by atoms with E-state index in [0.717, 1.165) is 12.8 Å². The van der Waals surface area contributed by atoms with Gasteiger partial charge in [0.15, 0.2) is 0 Å². The van der Waals surface area contributed by atoms with Crippen molar-refractivity contribution in [2.75, 3.05) is 0 Å². The van der Waals surface area contributed by atoms with Crippen LogP contribution >= 0.6 is 0 Å². The third kappa shape index (κ3) is 17.5. The van der Waals surface area contributed by atoms with Gasteiger partial charge in [-0.1, -0.05) is 78.6 Å². The van der Waals surface area contributed by atoms with Crippen molar-refractivity contribution in [1.29, 1.82) is 0 Å². The second-order valence-corrected chi connectivity index (χ2v) is 6.99. The van der Waals surface area contributed by atoms with Crippen LogP contribution in [0.1, 0.15) is 97.8 Å². The van der Waals surface area contributed by atoms with Gasteiger partial charge in [-0.05, 0) is 18.3 Å². The number of carboxylic acid groups (broad SMARTS) is 1. The van der Waals surface area contributed by atoms with E-state index < -0.39 is 5.97 Å². The Morgan fingerprint density at radius 3 is 1.47 bits per heavy atom. The van der Waals surface area contributed by atoms with Gasteiger partial charge in [0.2, 0.25) is 0 Å². The molecule has 0 bridgehead atoms. The molecule has 0 aliphatic heterocycles. The topological polar surface area (TPSA) is 37.3 Å². The fourth-order valence-electron chi connectivity index (χ4n) is 2.35. The quantitative estimate of drug-likeness (QED) is 0.455. The molecular formula is C17H34O2. The van der Waals surface area contributed by atoms with E-state index >= 15 is 0 Å². The van der Waals surface area contributed by atoms with Crippen LogP contribution in [-0.4, -0.2) is 11.1 Å². The Labute approximate surface area is 120 Å². The lowest BCUT2D eigenvalue weighted by molar-refractivity contribution is -0.137. The second-order valence-electron chi connectivity index (χ2n) is 6.99. The van der Waals surface area contributed by atoms with E-state index in [1.165, 1.54) is 57.8 Å². The highest BCUT2D eigenvalue weighted by molar-refractivity contribution is 5.66. The summed E-state index contributed by atoms with van der Waals surface area (Å²) in [6.45, 7) is 6.95. The van der Waals surface area contributed by atoms with Gasteiger partial charge in [-0.25, -0.2) is 0 Å². The zero-order chi connectivity index (χ0) is 14.6. The number of carboxylic acids is 1. The van der Waals surface area contributed by atoms with Crippen LogP contribution in [0.3, 0.4) is 0 Å². The number of aliphatic carboxylic acids is 1. The summed E-state index contributed by atoms with van der Waals surface area (Å²) in [7, 11) is 0. The Morgan fingerprint density at radius 2 is 1.11 bits per heavy atom. The molecule has 0 fully saturated rings. The van der Waals surface area contributed by atoms with E-state index in [-0.39, 0.29) is 0 Å². The Balaban J connectivity index is 3.05. The molecule has 0 spiro atoms. The summed E-state index contributed by atoms with van der Waals surface area (Å²) in [5.74, 6) is -0.657. The monoisotopic (exact) mass is 270 g/mol. The van der Waals surface area contributed by atoms with E-state index in [4.69, 9.17) is 5.11 Å². The number of rotatable bonds is 12. The second kappa shape index (κ2) is 11.3. The van der Waals surface area contributed by atoms with E-state index in [1.54, 1.807) is 0 Å². The maximum Gasteiger partial charge on any atom is 0.303 e. The molecule has 0 aliphatic carbocycles. The predicted octanol–water partition coefficient (Wildman–Crippen LogP) is 5.80. The van der Waals surface area contributed by atoms with Crippen molar-refractivity contribution >= 4 is 5.97 Å².